The Hall–Kier alpha value is -3.30. The van der Waals surface area contributed by atoms with Gasteiger partial charge >= 0.3 is 0 Å². The molecule has 4 aliphatic heterocycles. The molecule has 3 atom stereocenters. The molecule has 0 saturated carbocycles. The van der Waals surface area contributed by atoms with Gasteiger partial charge in [0, 0.05) is 36.9 Å². The van der Waals surface area contributed by atoms with E-state index in [0.29, 0.717) is 18.7 Å². The molecular weight excluding hydrogens is 490 g/mol. The summed E-state index contributed by atoms with van der Waals surface area (Å²) >= 11 is 0. The van der Waals surface area contributed by atoms with E-state index in [0.717, 1.165) is 61.5 Å². The molecule has 4 aliphatic rings. The van der Waals surface area contributed by atoms with E-state index in [-0.39, 0.29) is 23.9 Å². The van der Waals surface area contributed by atoms with E-state index in [4.69, 9.17) is 5.84 Å². The van der Waals surface area contributed by atoms with Gasteiger partial charge in [0.15, 0.2) is 6.29 Å². The average molecular weight is 534 g/mol. The van der Waals surface area contributed by atoms with E-state index in [1.807, 2.05) is 30.9 Å². The SMILES string of the molecule is C=CC(=O)N1CCCC[C@@H](N2c3c(C)cc(CN4CCCC4)cc3NC2N(N)C(=O)C2=CC(C)NC(C)=C2)C1. The Kier molecular flexibility index (Phi) is 8.00. The zero-order chi connectivity index (χ0) is 27.7. The number of carbonyl (C=O) groups is 2. The number of benzene rings is 1. The lowest BCUT2D eigenvalue weighted by Gasteiger charge is -2.40. The van der Waals surface area contributed by atoms with Crippen molar-refractivity contribution in [1.82, 2.24) is 20.1 Å². The van der Waals surface area contributed by atoms with E-state index >= 15 is 0 Å². The number of fused-ring (bicyclic) bond motifs is 1. The van der Waals surface area contributed by atoms with Gasteiger partial charge in [-0.15, -0.1) is 0 Å². The Morgan fingerprint density at radius 2 is 1.87 bits per heavy atom. The maximum Gasteiger partial charge on any atom is 0.271 e. The number of nitrogens with zero attached hydrogens (tertiary/aromatic N) is 4. The van der Waals surface area contributed by atoms with E-state index in [9.17, 15) is 9.59 Å². The molecule has 4 N–H and O–H groups in total. The topological polar surface area (TPSA) is 97.2 Å². The summed E-state index contributed by atoms with van der Waals surface area (Å²) in [4.78, 5) is 33.0. The number of dihydropyridines is 1. The molecule has 2 amide bonds. The number of likely N-dealkylation sites (tertiary alicyclic amines) is 2. The van der Waals surface area contributed by atoms with Crippen LogP contribution in [0.2, 0.25) is 0 Å². The molecule has 0 radical (unpaired) electrons. The highest BCUT2D eigenvalue weighted by atomic mass is 16.2. The van der Waals surface area contributed by atoms with E-state index in [1.165, 1.54) is 29.5 Å². The summed E-state index contributed by atoms with van der Waals surface area (Å²) in [5.74, 6) is 6.39. The standard InChI is InChI=1S/C30H43N7O2/c1-5-27(38)35-13-7-6-10-25(19-35)36-28-20(2)14-23(18-34-11-8-9-12-34)17-26(28)33-30(36)37(31)29(39)24-15-21(3)32-22(4)16-24/h5,14-17,21,25,30,32-33H,1,6-13,18-19,31H2,2-4H3/t21?,25-,30?/m1/s1. The van der Waals surface area contributed by atoms with Crippen LogP contribution in [0.5, 0.6) is 0 Å². The molecular formula is C30H43N7O2. The van der Waals surface area contributed by atoms with Gasteiger partial charge in [-0.05, 0) is 101 Å². The second kappa shape index (κ2) is 11.4. The van der Waals surface area contributed by atoms with Crippen LogP contribution < -0.4 is 21.4 Å². The molecule has 0 bridgehead atoms. The highest BCUT2D eigenvalue weighted by molar-refractivity contribution is 5.97. The van der Waals surface area contributed by atoms with E-state index in [2.05, 4.69) is 46.1 Å². The third-order valence-corrected chi connectivity index (χ3v) is 8.30. The zero-order valence-corrected chi connectivity index (χ0v) is 23.6. The van der Waals surface area contributed by atoms with Crippen molar-refractivity contribution in [3.63, 3.8) is 0 Å². The Balaban J connectivity index is 1.50. The van der Waals surface area contributed by atoms with Crippen LogP contribution in [0.25, 0.3) is 0 Å². The number of rotatable bonds is 6. The van der Waals surface area contributed by atoms with Gasteiger partial charge in [0.2, 0.25) is 5.91 Å². The molecule has 2 fully saturated rings. The molecule has 1 aromatic rings. The summed E-state index contributed by atoms with van der Waals surface area (Å²) in [6.45, 7) is 14.3. The number of aryl methyl sites for hydroxylation is 1. The molecule has 5 rings (SSSR count). The van der Waals surface area contributed by atoms with Crippen molar-refractivity contribution < 1.29 is 9.59 Å². The number of hydrazine groups is 1. The maximum atomic E-state index is 13.7. The van der Waals surface area contributed by atoms with Crippen molar-refractivity contribution in [3.05, 3.63) is 59.3 Å². The first-order valence-corrected chi connectivity index (χ1v) is 14.3. The van der Waals surface area contributed by atoms with Crippen LogP contribution in [-0.4, -0.2) is 71.2 Å². The van der Waals surface area contributed by atoms with Crippen molar-refractivity contribution in [2.75, 3.05) is 36.4 Å². The molecule has 0 aromatic heterocycles. The highest BCUT2D eigenvalue weighted by Gasteiger charge is 2.41. The van der Waals surface area contributed by atoms with Crippen molar-refractivity contribution >= 4 is 23.2 Å². The zero-order valence-electron chi connectivity index (χ0n) is 23.6. The third-order valence-electron chi connectivity index (χ3n) is 8.30. The molecule has 1 aromatic carbocycles. The fraction of sp³-hybridized carbons (Fsp3) is 0.533. The van der Waals surface area contributed by atoms with Gasteiger partial charge in [0.1, 0.15) is 0 Å². The van der Waals surface area contributed by atoms with Crippen LogP contribution in [0.4, 0.5) is 11.4 Å². The van der Waals surface area contributed by atoms with Crippen molar-refractivity contribution in [2.24, 2.45) is 5.84 Å². The predicted octanol–water partition coefficient (Wildman–Crippen LogP) is 3.20. The summed E-state index contributed by atoms with van der Waals surface area (Å²) in [6.07, 6.45) is 9.92. The highest BCUT2D eigenvalue weighted by Crippen LogP contribution is 2.42. The molecule has 210 valence electrons. The number of allylic oxidation sites excluding steroid dienone is 1. The summed E-state index contributed by atoms with van der Waals surface area (Å²) < 4.78 is 0. The fourth-order valence-corrected chi connectivity index (χ4v) is 6.58. The van der Waals surface area contributed by atoms with Crippen molar-refractivity contribution in [2.45, 2.75) is 77.8 Å². The minimum Gasteiger partial charge on any atom is -0.383 e. The predicted molar refractivity (Wildman–Crippen MR) is 155 cm³/mol. The smallest absolute Gasteiger partial charge is 0.271 e. The quantitative estimate of drug-likeness (QED) is 0.224. The molecule has 2 unspecified atom stereocenters. The number of anilines is 2. The second-order valence-electron chi connectivity index (χ2n) is 11.5. The number of amides is 2. The largest absolute Gasteiger partial charge is 0.383 e. The van der Waals surface area contributed by atoms with Gasteiger partial charge in [-0.3, -0.25) is 14.5 Å². The van der Waals surface area contributed by atoms with Gasteiger partial charge in [0.05, 0.1) is 17.4 Å². The van der Waals surface area contributed by atoms with Gasteiger partial charge in [-0.2, -0.15) is 0 Å². The Bertz CT molecular complexity index is 1190. The molecule has 9 nitrogen and oxygen atoms in total. The fourth-order valence-electron chi connectivity index (χ4n) is 6.58. The van der Waals surface area contributed by atoms with Crippen LogP contribution in [0.1, 0.15) is 57.1 Å². The van der Waals surface area contributed by atoms with Gasteiger partial charge in [-0.25, -0.2) is 10.9 Å². The van der Waals surface area contributed by atoms with Gasteiger partial charge in [-0.1, -0.05) is 12.6 Å². The number of hydrogen-bond acceptors (Lipinski definition) is 7. The number of hydrogen-bond donors (Lipinski definition) is 3. The summed E-state index contributed by atoms with van der Waals surface area (Å²) in [5.41, 5.74) is 5.97. The van der Waals surface area contributed by atoms with Crippen LogP contribution in [0.3, 0.4) is 0 Å². The van der Waals surface area contributed by atoms with Crippen LogP contribution in [0, 0.1) is 6.92 Å². The van der Waals surface area contributed by atoms with E-state index in [1.54, 1.807) is 0 Å². The first kappa shape index (κ1) is 27.3. The van der Waals surface area contributed by atoms with Crippen LogP contribution in [0.15, 0.2) is 48.2 Å². The lowest BCUT2D eigenvalue weighted by atomic mass is 10.0. The molecule has 4 heterocycles. The summed E-state index contributed by atoms with van der Waals surface area (Å²) in [7, 11) is 0. The summed E-state index contributed by atoms with van der Waals surface area (Å²) in [5, 5.41) is 8.26. The Morgan fingerprint density at radius 1 is 1.13 bits per heavy atom. The Labute approximate surface area is 232 Å². The second-order valence-corrected chi connectivity index (χ2v) is 11.5. The molecule has 0 aliphatic carbocycles. The van der Waals surface area contributed by atoms with Crippen molar-refractivity contribution in [3.8, 4) is 0 Å². The first-order valence-electron chi connectivity index (χ1n) is 14.3. The number of carbonyl (C=O) groups excluding carboxylic acids is 2. The third kappa shape index (κ3) is 5.70. The van der Waals surface area contributed by atoms with Crippen LogP contribution in [-0.2, 0) is 16.1 Å². The minimum absolute atomic E-state index is 0.00432. The normalized spacial score (nSPS) is 25.2. The monoisotopic (exact) mass is 533 g/mol. The van der Waals surface area contributed by atoms with E-state index < -0.39 is 6.29 Å². The lowest BCUT2D eigenvalue weighted by molar-refractivity contribution is -0.129. The average Bonchev–Trinajstić information content (AvgIpc) is 3.48. The minimum atomic E-state index is -0.572. The first-order chi connectivity index (χ1) is 18.7. The van der Waals surface area contributed by atoms with Gasteiger partial charge in [0.25, 0.3) is 5.91 Å². The Morgan fingerprint density at radius 3 is 2.59 bits per heavy atom. The molecule has 9 heteroatoms. The van der Waals surface area contributed by atoms with Gasteiger partial charge < -0.3 is 20.4 Å². The lowest BCUT2D eigenvalue weighted by Crippen LogP contribution is -2.60. The maximum absolute atomic E-state index is 13.7. The molecule has 39 heavy (non-hydrogen) atoms. The number of nitrogens with two attached hydrogens (primary N) is 1. The molecule has 0 spiro atoms. The molecule has 2 saturated heterocycles. The summed E-state index contributed by atoms with van der Waals surface area (Å²) in [6, 6.07) is 4.52. The van der Waals surface area contributed by atoms with Crippen LogP contribution >= 0.6 is 0 Å². The number of nitrogens with one attached hydrogen (secondary N) is 2. The van der Waals surface area contributed by atoms with Crippen molar-refractivity contribution in [1.29, 1.82) is 0 Å².